The van der Waals surface area contributed by atoms with Gasteiger partial charge in [-0.05, 0) is 25.2 Å². The van der Waals surface area contributed by atoms with Crippen LogP contribution in [0, 0.1) is 11.3 Å². The molecule has 3 atom stereocenters. The molecule has 12 heavy (non-hydrogen) atoms. The number of carbonyl (C=O) groups excluding carboxylic acids is 1. The highest BCUT2D eigenvalue weighted by Crippen LogP contribution is 2.47. The summed E-state index contributed by atoms with van der Waals surface area (Å²) in [5, 5.41) is 0. The van der Waals surface area contributed by atoms with Crippen molar-refractivity contribution >= 4 is 5.97 Å². The molecule has 1 aliphatic carbocycles. The van der Waals surface area contributed by atoms with E-state index in [-0.39, 0.29) is 17.5 Å². The van der Waals surface area contributed by atoms with Gasteiger partial charge in [-0.15, -0.1) is 0 Å². The first kappa shape index (κ1) is 8.09. The molecule has 2 fully saturated rings. The Morgan fingerprint density at radius 2 is 2.25 bits per heavy atom. The van der Waals surface area contributed by atoms with Crippen molar-refractivity contribution in [2.75, 3.05) is 0 Å². The van der Waals surface area contributed by atoms with Gasteiger partial charge in [0.15, 0.2) is 0 Å². The van der Waals surface area contributed by atoms with E-state index in [4.69, 9.17) is 4.74 Å². The van der Waals surface area contributed by atoms with Gasteiger partial charge in [0.1, 0.15) is 6.10 Å². The zero-order valence-electron chi connectivity index (χ0n) is 7.80. The lowest BCUT2D eigenvalue weighted by molar-refractivity contribution is -0.142. The molecule has 2 aliphatic rings. The maximum absolute atomic E-state index is 11.1. The van der Waals surface area contributed by atoms with Crippen LogP contribution < -0.4 is 0 Å². The third-order valence-electron chi connectivity index (χ3n) is 3.34. The van der Waals surface area contributed by atoms with E-state index in [0.29, 0.717) is 6.42 Å². The molecule has 0 bridgehead atoms. The van der Waals surface area contributed by atoms with Crippen molar-refractivity contribution in [3.8, 4) is 0 Å². The van der Waals surface area contributed by atoms with Crippen molar-refractivity contribution in [2.24, 2.45) is 11.3 Å². The number of hydrogen-bond acceptors (Lipinski definition) is 2. The lowest BCUT2D eigenvalue weighted by Gasteiger charge is -2.36. The van der Waals surface area contributed by atoms with E-state index >= 15 is 0 Å². The van der Waals surface area contributed by atoms with Gasteiger partial charge in [0.2, 0.25) is 0 Å². The quantitative estimate of drug-likeness (QED) is 0.518. The molecular formula is C10H16O2. The summed E-state index contributed by atoms with van der Waals surface area (Å²) >= 11 is 0. The van der Waals surface area contributed by atoms with Crippen LogP contribution in [0.1, 0.15) is 39.5 Å². The van der Waals surface area contributed by atoms with E-state index in [1.54, 1.807) is 0 Å². The van der Waals surface area contributed by atoms with E-state index in [1.807, 2.05) is 0 Å². The summed E-state index contributed by atoms with van der Waals surface area (Å²) in [6.07, 6.45) is 4.31. The van der Waals surface area contributed by atoms with Gasteiger partial charge in [0, 0.05) is 5.41 Å². The van der Waals surface area contributed by atoms with Crippen LogP contribution in [0.15, 0.2) is 0 Å². The molecular weight excluding hydrogens is 152 g/mol. The first-order valence-electron chi connectivity index (χ1n) is 4.80. The first-order valence-corrected chi connectivity index (χ1v) is 4.80. The SMILES string of the molecule is C[C@@H]1CC[C@@H]2OC(=O)C[C@]2(C)C1. The Balaban J connectivity index is 2.16. The van der Waals surface area contributed by atoms with Gasteiger partial charge in [-0.3, -0.25) is 4.79 Å². The average molecular weight is 168 g/mol. The molecule has 0 aromatic heterocycles. The molecule has 2 heteroatoms. The van der Waals surface area contributed by atoms with Crippen LogP contribution >= 0.6 is 0 Å². The Kier molecular flexibility index (Phi) is 1.67. The number of fused-ring (bicyclic) bond motifs is 1. The van der Waals surface area contributed by atoms with E-state index in [2.05, 4.69) is 13.8 Å². The van der Waals surface area contributed by atoms with Gasteiger partial charge in [-0.1, -0.05) is 13.8 Å². The lowest BCUT2D eigenvalue weighted by atomic mass is 9.69. The van der Waals surface area contributed by atoms with Crippen molar-refractivity contribution in [3.63, 3.8) is 0 Å². The first-order chi connectivity index (χ1) is 5.60. The number of rotatable bonds is 0. The van der Waals surface area contributed by atoms with Crippen molar-refractivity contribution in [1.29, 1.82) is 0 Å². The molecule has 1 saturated heterocycles. The second-order valence-corrected chi connectivity index (χ2v) is 4.70. The minimum atomic E-state index is 0.0107. The Bertz CT molecular complexity index is 212. The summed E-state index contributed by atoms with van der Waals surface area (Å²) in [7, 11) is 0. The number of hydrogen-bond donors (Lipinski definition) is 0. The fourth-order valence-electron chi connectivity index (χ4n) is 2.73. The molecule has 68 valence electrons. The standard InChI is InChI=1S/C10H16O2/c1-7-3-4-8-10(2,5-7)6-9(11)12-8/h7-8H,3-6H2,1-2H3/t7-,8+,10+/m1/s1. The maximum atomic E-state index is 11.1. The summed E-state index contributed by atoms with van der Waals surface area (Å²) in [4.78, 5) is 11.1. The maximum Gasteiger partial charge on any atom is 0.306 e. The van der Waals surface area contributed by atoms with E-state index < -0.39 is 0 Å². The van der Waals surface area contributed by atoms with Crippen LogP contribution in [0.3, 0.4) is 0 Å². The summed E-state index contributed by atoms with van der Waals surface area (Å²) in [6, 6.07) is 0. The minimum Gasteiger partial charge on any atom is -0.462 e. The van der Waals surface area contributed by atoms with Gasteiger partial charge in [0.05, 0.1) is 6.42 Å². The predicted molar refractivity (Wildman–Crippen MR) is 45.6 cm³/mol. The van der Waals surface area contributed by atoms with E-state index in [0.717, 1.165) is 18.8 Å². The monoisotopic (exact) mass is 168 g/mol. The molecule has 0 aromatic rings. The Morgan fingerprint density at radius 1 is 1.50 bits per heavy atom. The highest BCUT2D eigenvalue weighted by molar-refractivity contribution is 5.73. The number of carbonyl (C=O) groups is 1. The van der Waals surface area contributed by atoms with E-state index in [1.165, 1.54) is 6.42 Å². The summed E-state index contributed by atoms with van der Waals surface area (Å²) in [5.74, 6) is 0.775. The molecule has 2 nitrogen and oxygen atoms in total. The molecule has 1 heterocycles. The normalized spacial score (nSPS) is 47.0. The largest absolute Gasteiger partial charge is 0.462 e. The lowest BCUT2D eigenvalue weighted by Crippen LogP contribution is -2.34. The second-order valence-electron chi connectivity index (χ2n) is 4.70. The van der Waals surface area contributed by atoms with Crippen LogP contribution in [-0.2, 0) is 9.53 Å². The molecule has 0 radical (unpaired) electrons. The highest BCUT2D eigenvalue weighted by atomic mass is 16.6. The Morgan fingerprint density at radius 3 is 3.00 bits per heavy atom. The van der Waals surface area contributed by atoms with Crippen molar-refractivity contribution < 1.29 is 9.53 Å². The molecule has 0 aromatic carbocycles. The molecule has 0 spiro atoms. The second kappa shape index (κ2) is 2.48. The van der Waals surface area contributed by atoms with E-state index in [9.17, 15) is 4.79 Å². The van der Waals surface area contributed by atoms with Crippen LogP contribution in [-0.4, -0.2) is 12.1 Å². The third kappa shape index (κ3) is 1.13. The fraction of sp³-hybridized carbons (Fsp3) is 0.900. The van der Waals surface area contributed by atoms with Crippen molar-refractivity contribution in [1.82, 2.24) is 0 Å². The zero-order valence-corrected chi connectivity index (χ0v) is 7.80. The smallest absolute Gasteiger partial charge is 0.306 e. The summed E-state index contributed by atoms with van der Waals surface area (Å²) < 4.78 is 5.28. The number of esters is 1. The average Bonchev–Trinajstić information content (AvgIpc) is 2.22. The van der Waals surface area contributed by atoms with Crippen LogP contribution in [0.5, 0.6) is 0 Å². The predicted octanol–water partition coefficient (Wildman–Crippen LogP) is 2.13. The Labute approximate surface area is 73.3 Å². The number of ether oxygens (including phenoxy) is 1. The van der Waals surface area contributed by atoms with Gasteiger partial charge in [0.25, 0.3) is 0 Å². The third-order valence-corrected chi connectivity index (χ3v) is 3.34. The van der Waals surface area contributed by atoms with Crippen LogP contribution in [0.2, 0.25) is 0 Å². The van der Waals surface area contributed by atoms with Crippen LogP contribution in [0.4, 0.5) is 0 Å². The van der Waals surface area contributed by atoms with Gasteiger partial charge < -0.3 is 4.74 Å². The molecule has 0 unspecified atom stereocenters. The fourth-order valence-corrected chi connectivity index (χ4v) is 2.73. The van der Waals surface area contributed by atoms with Gasteiger partial charge in [-0.25, -0.2) is 0 Å². The molecule has 0 N–H and O–H groups in total. The van der Waals surface area contributed by atoms with Gasteiger partial charge >= 0.3 is 5.97 Å². The van der Waals surface area contributed by atoms with Gasteiger partial charge in [-0.2, -0.15) is 0 Å². The minimum absolute atomic E-state index is 0.0107. The van der Waals surface area contributed by atoms with Crippen molar-refractivity contribution in [3.05, 3.63) is 0 Å². The highest BCUT2D eigenvalue weighted by Gasteiger charge is 2.48. The zero-order chi connectivity index (χ0) is 8.77. The molecule has 0 amide bonds. The summed E-state index contributed by atoms with van der Waals surface area (Å²) in [6.45, 7) is 4.46. The Hall–Kier alpha value is -0.530. The molecule has 2 rings (SSSR count). The molecule has 1 aliphatic heterocycles. The van der Waals surface area contributed by atoms with Crippen molar-refractivity contribution in [2.45, 2.75) is 45.6 Å². The topological polar surface area (TPSA) is 26.3 Å². The summed E-state index contributed by atoms with van der Waals surface area (Å²) in [5.41, 5.74) is 0.161. The van der Waals surface area contributed by atoms with Crippen LogP contribution in [0.25, 0.3) is 0 Å². The molecule has 1 saturated carbocycles.